The number of aliphatic hydroxyl groups excluding tert-OH is 1. The Balaban J connectivity index is 0.576. The Labute approximate surface area is 772 Å². The molecule has 0 bridgehead atoms. The zero-order valence-electron chi connectivity index (χ0n) is 71.4. The van der Waals surface area contributed by atoms with E-state index < -0.39 is 294 Å². The summed E-state index contributed by atoms with van der Waals surface area (Å²) in [7, 11) is -33.2. The van der Waals surface area contributed by atoms with Crippen molar-refractivity contribution >= 4 is 116 Å². The van der Waals surface area contributed by atoms with Crippen LogP contribution in [0.1, 0.15) is 94.1 Å². The van der Waals surface area contributed by atoms with Crippen molar-refractivity contribution in [2.75, 3.05) is 80.7 Å². The van der Waals surface area contributed by atoms with E-state index >= 15 is 0 Å². The minimum absolute atomic E-state index is 0.0152. The number of hydrogen-bond donors (Lipinski definition) is 17. The molecule has 7 aliphatic heterocycles. The first-order valence-electron chi connectivity index (χ1n) is 41.4. The molecule has 6 unspecified atom stereocenters. The third-order valence-electron chi connectivity index (χ3n) is 22.7. The third-order valence-corrected chi connectivity index (χ3v) is 28.8. The molecular weight excluding hydrogens is 1990 g/mol. The van der Waals surface area contributed by atoms with Crippen molar-refractivity contribution in [1.82, 2.24) is 96.8 Å². The lowest BCUT2D eigenvalue weighted by atomic mass is 10.1. The van der Waals surface area contributed by atoms with Crippen molar-refractivity contribution in [3.8, 4) is 0 Å². The summed E-state index contributed by atoms with van der Waals surface area (Å²) in [5.74, 6) is -1.50. The molecule has 27 atom stereocenters. The number of hydrogen-bond acceptors (Lipinski definition) is 50. The fraction of sp³-hybridized carbons (Fsp3) is 0.537. The Bertz CT molecular complexity index is 7070. The van der Waals surface area contributed by atoms with Crippen LogP contribution in [0.15, 0.2) is 102 Å². The minimum atomic E-state index is -5.68. The van der Waals surface area contributed by atoms with Crippen LogP contribution in [0.3, 0.4) is 0 Å². The van der Waals surface area contributed by atoms with Gasteiger partial charge in [0.2, 0.25) is 11.9 Å². The third kappa shape index (κ3) is 22.8. The Morgan fingerprint density at radius 3 is 1.00 bits per heavy atom. The van der Waals surface area contributed by atoms with Crippen LogP contribution >= 0.6 is 46.9 Å². The lowest BCUT2D eigenvalue weighted by Crippen LogP contribution is -2.34. The summed E-state index contributed by atoms with van der Waals surface area (Å²) in [6.45, 7) is -5.64. The molecule has 66 nitrogen and oxygen atoms in total. The molecule has 10 aromatic heterocycles. The van der Waals surface area contributed by atoms with E-state index in [9.17, 15) is 95.4 Å². The molecule has 7 saturated heterocycles. The average Bonchev–Trinajstić information content (AvgIpc) is 1.63. The van der Waals surface area contributed by atoms with Crippen molar-refractivity contribution in [3.63, 3.8) is 0 Å². The predicted molar refractivity (Wildman–Crippen MR) is 458 cm³/mol. The topological polar surface area (TPSA) is 932 Å². The van der Waals surface area contributed by atoms with Gasteiger partial charge in [0.1, 0.15) is 146 Å². The molecule has 139 heavy (non-hydrogen) atoms. The fourth-order valence-corrected chi connectivity index (χ4v) is 22.0. The highest BCUT2D eigenvalue weighted by molar-refractivity contribution is 7.48. The van der Waals surface area contributed by atoms with Gasteiger partial charge in [-0.1, -0.05) is 0 Å². The molecular formula is C67H87N27O39P6. The quantitative estimate of drug-likeness (QED) is 0.0167. The van der Waals surface area contributed by atoms with Crippen LogP contribution in [-0.4, -0.2) is 263 Å². The lowest BCUT2D eigenvalue weighted by Gasteiger charge is -2.26. The first kappa shape index (κ1) is 100. The molecule has 10 aromatic rings. The summed E-state index contributed by atoms with van der Waals surface area (Å²) in [6, 6.07) is 2.69. The standard InChI is InChI=1S/C67H87N27O39P6/c1-27-15-91(67(102)87-59(27)96)45-8-28(68)36(122-45)17-115-134(103,104)131-33-13-50(93-25-78-53-57(93)83-62(73)85-60(53)97)127-41(33)22-120-137(109,110)130-31-11-48(90-7-4-44(71)82-66(90)101)123-37(31)18-117-138(111,112)132-32-12-49(92-24-77-52-55(72)75-23-76-56(52)92)125-39(32)20-119-136(107,108)129-30-10-47(89-6-3-43(70)81-65(89)100)124-38(30)19-118-139(113,114)133-34-14-51(94-26-79-54-58(94)84-63(74)86-61(54)98)126-40(34)21-116-135(105,106)128-29-9-46(121-35(29)16-95)88-5-2-42(69)80-64(88)99/h2-7,15,23-26,28-41,45-51,95H,8-14,16-22,68H2,1H3,(H,103,104)(H,105,106)(H,107,108)(H,109,110)(H,111,112)(H,113,114)(H2,69,80,99)(H2,70,81,100)(H2,71,82,101)(H2,72,75,76)(H,87,96,102)(H3,73,83,85,97)(H3,74,84,86,98)/t28-,29-,30-,31-,32-,33-,34-,35+,36+,37+,38+,39+,40+,41+,45+,46+,47+,48+,49+,50+,51+/m0/s1. The molecule has 0 aliphatic carbocycles. The number of nitrogens with one attached hydrogen (secondary N) is 3. The van der Waals surface area contributed by atoms with Crippen molar-refractivity contribution < 1.29 is 149 Å². The number of nitrogen functional groups attached to an aromatic ring is 6. The number of phosphoric ester groups is 6. The Hall–Kier alpha value is -10.3. The summed E-state index contributed by atoms with van der Waals surface area (Å²) in [6.07, 6.45) is -24.9. The maximum atomic E-state index is 14.6. The summed E-state index contributed by atoms with van der Waals surface area (Å²) in [5.41, 5.74) is 34.7. The van der Waals surface area contributed by atoms with Gasteiger partial charge in [-0.2, -0.15) is 24.9 Å². The van der Waals surface area contributed by atoms with Gasteiger partial charge in [0.05, 0.1) is 71.3 Å². The van der Waals surface area contributed by atoms with E-state index in [2.05, 4.69) is 64.8 Å². The maximum absolute atomic E-state index is 14.6. The summed E-state index contributed by atoms with van der Waals surface area (Å²) < 4.78 is 202. The zero-order chi connectivity index (χ0) is 99.0. The minimum Gasteiger partial charge on any atom is -0.394 e. The number of H-pyrrole nitrogens is 3. The van der Waals surface area contributed by atoms with Crippen LogP contribution in [0.4, 0.5) is 35.2 Å². The molecule has 0 amide bonds. The number of aromatic nitrogens is 20. The number of phosphoric acid groups is 6. The van der Waals surface area contributed by atoms with E-state index in [0.29, 0.717) is 0 Å². The number of imidazole rings is 3. The van der Waals surface area contributed by atoms with Gasteiger partial charge < -0.3 is 108 Å². The monoisotopic (exact) mass is 2080 g/mol. The molecule has 0 radical (unpaired) electrons. The second kappa shape index (κ2) is 39.9. The van der Waals surface area contributed by atoms with Crippen LogP contribution in [0, 0.1) is 6.92 Å². The molecule has 7 aliphatic rings. The summed E-state index contributed by atoms with van der Waals surface area (Å²) >= 11 is 0. The molecule has 24 N–H and O–H groups in total. The van der Waals surface area contributed by atoms with Gasteiger partial charge in [-0.25, -0.2) is 71.5 Å². The Morgan fingerprint density at radius 2 is 0.662 bits per heavy atom. The van der Waals surface area contributed by atoms with E-state index in [-0.39, 0.29) is 87.1 Å². The summed E-state index contributed by atoms with van der Waals surface area (Å²) in [5, 5.41) is 10.2. The molecule has 0 saturated carbocycles. The number of aromatic amines is 3. The molecule has 7 fully saturated rings. The van der Waals surface area contributed by atoms with Gasteiger partial charge >= 0.3 is 69.7 Å². The van der Waals surface area contributed by atoms with Crippen molar-refractivity contribution in [3.05, 3.63) is 147 Å². The number of ether oxygens (including phenoxy) is 7. The van der Waals surface area contributed by atoms with Crippen LogP contribution in [0.5, 0.6) is 0 Å². The number of aryl methyl sites for hydroxylation is 1. The second-order valence-corrected chi connectivity index (χ2v) is 40.5. The van der Waals surface area contributed by atoms with Crippen molar-refractivity contribution in [1.29, 1.82) is 0 Å². The Morgan fingerprint density at radius 1 is 0.367 bits per heavy atom. The van der Waals surface area contributed by atoms with Gasteiger partial charge in [0.15, 0.2) is 33.8 Å². The highest BCUT2D eigenvalue weighted by atomic mass is 31.2. The van der Waals surface area contributed by atoms with Crippen molar-refractivity contribution in [2.45, 2.75) is 181 Å². The number of nitrogens with two attached hydrogens (primary N) is 7. The molecule has 17 heterocycles. The highest BCUT2D eigenvalue weighted by Gasteiger charge is 2.53. The van der Waals surface area contributed by atoms with Crippen LogP contribution in [-0.2, 0) is 115 Å². The largest absolute Gasteiger partial charge is 0.472 e. The van der Waals surface area contributed by atoms with E-state index in [1.165, 1.54) is 57.5 Å². The highest BCUT2D eigenvalue weighted by Crippen LogP contribution is 2.58. The number of aliphatic hydroxyl groups is 1. The molecule has 0 spiro atoms. The zero-order valence-corrected chi connectivity index (χ0v) is 76.8. The lowest BCUT2D eigenvalue weighted by molar-refractivity contribution is -0.0649. The van der Waals surface area contributed by atoms with Crippen molar-refractivity contribution in [2.24, 2.45) is 5.73 Å². The number of rotatable bonds is 38. The number of anilines is 6. The first-order valence-corrected chi connectivity index (χ1v) is 50.4. The molecule has 17 rings (SSSR count). The first-order chi connectivity index (χ1) is 65.7. The second-order valence-electron chi connectivity index (χ2n) is 32.1. The van der Waals surface area contributed by atoms with Crippen LogP contribution in [0.25, 0.3) is 33.5 Å². The van der Waals surface area contributed by atoms with E-state index in [0.717, 1.165) is 49.6 Å². The normalized spacial score (nSPS) is 29.9. The number of fused-ring (bicyclic) bond motifs is 3. The maximum Gasteiger partial charge on any atom is 0.472 e. The van der Waals surface area contributed by atoms with Gasteiger partial charge in [0.25, 0.3) is 16.7 Å². The SMILES string of the molecule is Cc1cn([C@H]2C[C@H](N)[C@@H](COP(=O)(O)O[C@H]3C[C@H](n4cnc5c(=O)[nH]c(N)nc54)O[C@@H]3COP(=O)(O)O[C@H]3C[C@H](n4ccc(N)nc4=O)O[C@@H]3COP(=O)(O)O[C@H]3C[C@H](n4cnc5c(N)ncnc54)O[C@@H]3COP(=O)(O)O[C@H]3C[C@H](n4ccc(N)nc4=O)O[C@@H]3COP(=O)(O)O[C@H]3C[C@H](n4cnc5c(=O)[nH]c(N)nc54)O[C@@H]3COP(=O)(O)O[C@H]3C[C@H](n4ccc(N)nc4=O)O[C@@H]3CO)O2)c(=O)[nH]c1=O. The van der Waals surface area contributed by atoms with Gasteiger partial charge in [-0.3, -0.25) is 116 Å². The Kier molecular flexibility index (Phi) is 28.7. The van der Waals surface area contributed by atoms with Gasteiger partial charge in [0, 0.05) is 81.3 Å². The van der Waals surface area contributed by atoms with E-state index in [1.807, 2.05) is 0 Å². The van der Waals surface area contributed by atoms with Crippen LogP contribution < -0.4 is 79.6 Å². The molecule has 72 heteroatoms. The van der Waals surface area contributed by atoms with Gasteiger partial charge in [-0.15, -0.1) is 0 Å². The average molecular weight is 2080 g/mol. The van der Waals surface area contributed by atoms with Gasteiger partial charge in [-0.05, 0) is 25.1 Å². The fourth-order valence-electron chi connectivity index (χ4n) is 16.2. The van der Waals surface area contributed by atoms with E-state index in [4.69, 9.17) is 128 Å². The predicted octanol–water partition coefficient (Wildman–Crippen LogP) is -3.44. The molecule has 0 aromatic carbocycles. The summed E-state index contributed by atoms with van der Waals surface area (Å²) in [4.78, 5) is 206. The molecule has 754 valence electrons. The van der Waals surface area contributed by atoms with E-state index in [1.54, 1.807) is 0 Å². The van der Waals surface area contributed by atoms with Crippen LogP contribution in [0.2, 0.25) is 0 Å². The smallest absolute Gasteiger partial charge is 0.394 e. The number of nitrogens with zero attached hydrogens (tertiary/aromatic N) is 17.